The van der Waals surface area contributed by atoms with E-state index in [4.69, 9.17) is 11.5 Å². The van der Waals surface area contributed by atoms with Crippen LogP contribution in [0.5, 0.6) is 0 Å². The van der Waals surface area contributed by atoms with Gasteiger partial charge in [0.2, 0.25) is 0 Å². The zero-order valence-corrected chi connectivity index (χ0v) is 12.3. The highest BCUT2D eigenvalue weighted by molar-refractivity contribution is 5.97. The van der Waals surface area contributed by atoms with E-state index in [-0.39, 0.29) is 0 Å². The van der Waals surface area contributed by atoms with Crippen LogP contribution in [-0.4, -0.2) is 25.5 Å². The third-order valence-electron chi connectivity index (χ3n) is 3.41. The summed E-state index contributed by atoms with van der Waals surface area (Å²) in [6, 6.07) is 0. The molecule has 0 radical (unpaired) electrons. The standard InChI is InChI=1S/C13H20N6O/c1-5-8-11(14)9(6-2)19(17-8)13-10(12(15)20)7(3)16-18(13)4/h5-6,14H2,1-4H3,(H2,15,20). The molecule has 0 aliphatic rings. The molecule has 0 fully saturated rings. The second-order valence-electron chi connectivity index (χ2n) is 4.70. The Bertz CT molecular complexity index is 667. The van der Waals surface area contributed by atoms with Crippen LogP contribution >= 0.6 is 0 Å². The molecule has 108 valence electrons. The first-order chi connectivity index (χ1) is 9.42. The molecule has 2 heterocycles. The number of carbonyl (C=O) groups excluding carboxylic acids is 1. The molecule has 0 bridgehead atoms. The van der Waals surface area contributed by atoms with E-state index in [2.05, 4.69) is 10.2 Å². The lowest BCUT2D eigenvalue weighted by molar-refractivity contribution is 0.0999. The first-order valence-corrected chi connectivity index (χ1v) is 6.62. The van der Waals surface area contributed by atoms with Gasteiger partial charge in [-0.25, -0.2) is 9.36 Å². The van der Waals surface area contributed by atoms with Crippen LogP contribution in [0, 0.1) is 6.92 Å². The molecule has 0 atom stereocenters. The Balaban J connectivity index is 2.78. The van der Waals surface area contributed by atoms with Crippen molar-refractivity contribution >= 4 is 11.6 Å². The van der Waals surface area contributed by atoms with Gasteiger partial charge in [0.05, 0.1) is 22.8 Å². The van der Waals surface area contributed by atoms with Crippen molar-refractivity contribution in [2.75, 3.05) is 5.73 Å². The van der Waals surface area contributed by atoms with E-state index in [1.165, 1.54) is 0 Å². The second-order valence-corrected chi connectivity index (χ2v) is 4.70. The zero-order valence-electron chi connectivity index (χ0n) is 12.3. The van der Waals surface area contributed by atoms with Crippen molar-refractivity contribution < 1.29 is 4.79 Å². The van der Waals surface area contributed by atoms with E-state index < -0.39 is 5.91 Å². The molecule has 0 aliphatic carbocycles. The van der Waals surface area contributed by atoms with Crippen molar-refractivity contribution in [3.05, 3.63) is 22.6 Å². The van der Waals surface area contributed by atoms with E-state index >= 15 is 0 Å². The molecule has 0 unspecified atom stereocenters. The summed E-state index contributed by atoms with van der Waals surface area (Å²) in [6.07, 6.45) is 1.44. The molecule has 4 N–H and O–H groups in total. The number of nitrogen functional groups attached to an aromatic ring is 1. The van der Waals surface area contributed by atoms with E-state index in [0.717, 1.165) is 17.8 Å². The second kappa shape index (κ2) is 4.99. The Labute approximate surface area is 117 Å². The van der Waals surface area contributed by atoms with Gasteiger partial charge in [-0.1, -0.05) is 13.8 Å². The van der Waals surface area contributed by atoms with Gasteiger partial charge in [0.25, 0.3) is 5.91 Å². The number of carbonyl (C=O) groups is 1. The number of nitrogens with two attached hydrogens (primary N) is 2. The lowest BCUT2D eigenvalue weighted by Crippen LogP contribution is -2.17. The van der Waals surface area contributed by atoms with E-state index in [1.54, 1.807) is 23.3 Å². The summed E-state index contributed by atoms with van der Waals surface area (Å²) in [4.78, 5) is 11.7. The first kappa shape index (κ1) is 14.1. The minimum atomic E-state index is -0.514. The number of amides is 1. The molecule has 20 heavy (non-hydrogen) atoms. The molecule has 2 rings (SSSR count). The lowest BCUT2D eigenvalue weighted by Gasteiger charge is -2.08. The van der Waals surface area contributed by atoms with Gasteiger partial charge in [-0.2, -0.15) is 10.2 Å². The minimum Gasteiger partial charge on any atom is -0.396 e. The number of aryl methyl sites for hydroxylation is 3. The normalized spacial score (nSPS) is 11.0. The van der Waals surface area contributed by atoms with E-state index in [0.29, 0.717) is 29.2 Å². The van der Waals surface area contributed by atoms with Gasteiger partial charge in [-0.15, -0.1) is 0 Å². The molecule has 1 amide bonds. The maximum absolute atomic E-state index is 11.7. The highest BCUT2D eigenvalue weighted by Gasteiger charge is 2.24. The van der Waals surface area contributed by atoms with Crippen molar-refractivity contribution in [1.29, 1.82) is 0 Å². The number of nitrogens with zero attached hydrogens (tertiary/aromatic N) is 4. The van der Waals surface area contributed by atoms with Crippen molar-refractivity contribution in [3.63, 3.8) is 0 Å². The third kappa shape index (κ3) is 1.95. The van der Waals surface area contributed by atoms with E-state index in [1.807, 2.05) is 13.8 Å². The molecule has 2 aromatic heterocycles. The maximum atomic E-state index is 11.7. The maximum Gasteiger partial charge on any atom is 0.254 e. The summed E-state index contributed by atoms with van der Waals surface area (Å²) in [5.41, 5.74) is 14.9. The Morgan fingerprint density at radius 3 is 2.40 bits per heavy atom. The van der Waals surface area contributed by atoms with Crippen molar-refractivity contribution in [2.24, 2.45) is 12.8 Å². The van der Waals surface area contributed by atoms with Crippen molar-refractivity contribution in [2.45, 2.75) is 33.6 Å². The number of aromatic nitrogens is 4. The lowest BCUT2D eigenvalue weighted by atomic mass is 10.2. The summed E-state index contributed by atoms with van der Waals surface area (Å²) >= 11 is 0. The van der Waals surface area contributed by atoms with Crippen molar-refractivity contribution in [3.8, 4) is 5.82 Å². The SMILES string of the molecule is CCc1nn(-c2c(C(N)=O)c(C)nn2C)c(CC)c1N. The van der Waals surface area contributed by atoms with Gasteiger partial charge in [0, 0.05) is 7.05 Å². The number of hydrogen-bond acceptors (Lipinski definition) is 4. The summed E-state index contributed by atoms with van der Waals surface area (Å²) < 4.78 is 3.30. The number of anilines is 1. The summed E-state index contributed by atoms with van der Waals surface area (Å²) in [5, 5.41) is 8.77. The Kier molecular flexibility index (Phi) is 3.52. The Morgan fingerprint density at radius 2 is 1.90 bits per heavy atom. The first-order valence-electron chi connectivity index (χ1n) is 6.62. The highest BCUT2D eigenvalue weighted by Crippen LogP contribution is 2.25. The molecule has 7 nitrogen and oxygen atoms in total. The van der Waals surface area contributed by atoms with Gasteiger partial charge in [-0.3, -0.25) is 4.79 Å². The molecular weight excluding hydrogens is 256 g/mol. The summed E-state index contributed by atoms with van der Waals surface area (Å²) in [7, 11) is 1.76. The van der Waals surface area contributed by atoms with Crippen LogP contribution in [-0.2, 0) is 19.9 Å². The molecule has 7 heteroatoms. The van der Waals surface area contributed by atoms with Gasteiger partial charge in [0.15, 0.2) is 5.82 Å². The summed E-state index contributed by atoms with van der Waals surface area (Å²) in [5.74, 6) is 0.0537. The Morgan fingerprint density at radius 1 is 1.25 bits per heavy atom. The van der Waals surface area contributed by atoms with Crippen LogP contribution in [0.25, 0.3) is 5.82 Å². The smallest absolute Gasteiger partial charge is 0.254 e. The van der Waals surface area contributed by atoms with E-state index in [9.17, 15) is 4.79 Å². The van der Waals surface area contributed by atoms with Gasteiger partial charge < -0.3 is 11.5 Å². The van der Waals surface area contributed by atoms with Crippen LogP contribution in [0.4, 0.5) is 5.69 Å². The Hall–Kier alpha value is -2.31. The topological polar surface area (TPSA) is 105 Å². The van der Waals surface area contributed by atoms with Gasteiger partial charge in [0.1, 0.15) is 5.56 Å². The van der Waals surface area contributed by atoms with Crippen molar-refractivity contribution in [1.82, 2.24) is 19.6 Å². The predicted octanol–water partition coefficient (Wildman–Crippen LogP) is 0.720. The quantitative estimate of drug-likeness (QED) is 0.858. The molecule has 0 saturated carbocycles. The third-order valence-corrected chi connectivity index (χ3v) is 3.41. The molecule has 2 aromatic rings. The number of rotatable bonds is 4. The van der Waals surface area contributed by atoms with Crippen LogP contribution in [0.2, 0.25) is 0 Å². The van der Waals surface area contributed by atoms with Gasteiger partial charge >= 0.3 is 0 Å². The van der Waals surface area contributed by atoms with Crippen LogP contribution < -0.4 is 11.5 Å². The van der Waals surface area contributed by atoms with Crippen LogP contribution in [0.1, 0.15) is 41.3 Å². The molecular formula is C13H20N6O. The molecule has 0 aliphatic heterocycles. The molecule has 0 aromatic carbocycles. The number of primary amides is 1. The average Bonchev–Trinajstić information content (AvgIpc) is 2.85. The zero-order chi connectivity index (χ0) is 15.0. The van der Waals surface area contributed by atoms with Gasteiger partial charge in [-0.05, 0) is 19.8 Å². The fourth-order valence-corrected chi connectivity index (χ4v) is 2.47. The number of hydrogen-bond donors (Lipinski definition) is 2. The van der Waals surface area contributed by atoms with Crippen LogP contribution in [0.15, 0.2) is 0 Å². The minimum absolute atomic E-state index is 0.382. The molecule has 0 saturated heterocycles. The predicted molar refractivity (Wildman–Crippen MR) is 76.8 cm³/mol. The fourth-order valence-electron chi connectivity index (χ4n) is 2.47. The monoisotopic (exact) mass is 276 g/mol. The highest BCUT2D eigenvalue weighted by atomic mass is 16.1. The fraction of sp³-hybridized carbons (Fsp3) is 0.462. The van der Waals surface area contributed by atoms with Crippen LogP contribution in [0.3, 0.4) is 0 Å². The molecule has 0 spiro atoms. The summed E-state index contributed by atoms with van der Waals surface area (Å²) in [6.45, 7) is 5.74. The average molecular weight is 276 g/mol. The largest absolute Gasteiger partial charge is 0.396 e.